The molecular formula is C19H25NO4. The van der Waals surface area contributed by atoms with Gasteiger partial charge in [-0.25, -0.2) is 9.59 Å². The highest BCUT2D eigenvalue weighted by atomic mass is 16.5. The lowest BCUT2D eigenvalue weighted by atomic mass is 9.62. The van der Waals surface area contributed by atoms with Crippen LogP contribution in [0, 0.1) is 17.8 Å². The van der Waals surface area contributed by atoms with Crippen LogP contribution in [0.25, 0.3) is 0 Å². The lowest BCUT2D eigenvalue weighted by Gasteiger charge is -2.45. The molecule has 1 amide bonds. The molecule has 2 saturated carbocycles. The molecule has 2 aliphatic rings. The van der Waals surface area contributed by atoms with Gasteiger partial charge >= 0.3 is 12.1 Å². The Morgan fingerprint density at radius 3 is 2.12 bits per heavy atom. The fourth-order valence-corrected chi connectivity index (χ4v) is 3.79. The number of alkyl carbamates (subject to hydrolysis) is 1. The normalized spacial score (nSPS) is 19.2. The number of carboxylic acid groups (broad SMARTS) is 1. The maximum absolute atomic E-state index is 12.1. The Hall–Kier alpha value is -2.04. The van der Waals surface area contributed by atoms with Crippen LogP contribution in [0.2, 0.25) is 0 Å². The van der Waals surface area contributed by atoms with Gasteiger partial charge in [-0.15, -0.1) is 0 Å². The maximum atomic E-state index is 12.1. The third-order valence-corrected chi connectivity index (χ3v) is 5.53. The number of ether oxygens (including phenoxy) is 1. The van der Waals surface area contributed by atoms with Crippen LogP contribution < -0.4 is 5.32 Å². The molecule has 5 heteroatoms. The molecule has 0 aliphatic heterocycles. The van der Waals surface area contributed by atoms with Crippen LogP contribution in [0.15, 0.2) is 30.3 Å². The lowest BCUT2D eigenvalue weighted by Crippen LogP contribution is -2.53. The van der Waals surface area contributed by atoms with E-state index in [-0.39, 0.29) is 12.5 Å². The van der Waals surface area contributed by atoms with Gasteiger partial charge in [-0.2, -0.15) is 0 Å². The van der Waals surface area contributed by atoms with Gasteiger partial charge in [0.05, 0.1) is 0 Å². The molecule has 1 aromatic rings. The first kappa shape index (κ1) is 16.8. The highest BCUT2D eigenvalue weighted by molar-refractivity contribution is 5.80. The zero-order chi connectivity index (χ0) is 16.9. The summed E-state index contributed by atoms with van der Waals surface area (Å²) < 4.78 is 5.21. The van der Waals surface area contributed by atoms with Gasteiger partial charge in [-0.3, -0.25) is 0 Å². The molecule has 1 unspecified atom stereocenters. The molecule has 0 saturated heterocycles. The Morgan fingerprint density at radius 1 is 1.08 bits per heavy atom. The van der Waals surface area contributed by atoms with E-state index < -0.39 is 18.1 Å². The number of carbonyl (C=O) groups is 2. The second kappa shape index (κ2) is 7.69. The Balaban J connectivity index is 1.59. The highest BCUT2D eigenvalue weighted by Gasteiger charge is 2.44. The molecule has 2 aliphatic carbocycles. The first-order valence-electron chi connectivity index (χ1n) is 8.85. The second-order valence-electron chi connectivity index (χ2n) is 6.98. The van der Waals surface area contributed by atoms with Crippen molar-refractivity contribution < 1.29 is 19.4 Å². The van der Waals surface area contributed by atoms with Crippen molar-refractivity contribution in [2.45, 2.75) is 51.2 Å². The summed E-state index contributed by atoms with van der Waals surface area (Å²) in [6.07, 6.45) is 5.99. The van der Waals surface area contributed by atoms with E-state index in [1.807, 2.05) is 30.3 Å². The molecule has 5 nitrogen and oxygen atoms in total. The third-order valence-electron chi connectivity index (χ3n) is 5.53. The minimum absolute atomic E-state index is 0.0364. The molecule has 0 heterocycles. The second-order valence-corrected chi connectivity index (χ2v) is 6.98. The third kappa shape index (κ3) is 3.89. The number of aliphatic carboxylic acids is 1. The predicted octanol–water partition coefficient (Wildman–Crippen LogP) is 3.58. The summed E-state index contributed by atoms with van der Waals surface area (Å²) in [5.41, 5.74) is 0.883. The van der Waals surface area contributed by atoms with Crippen molar-refractivity contribution in [1.82, 2.24) is 5.32 Å². The molecule has 0 spiro atoms. The van der Waals surface area contributed by atoms with Gasteiger partial charge in [-0.05, 0) is 23.3 Å². The summed E-state index contributed by atoms with van der Waals surface area (Å²) >= 11 is 0. The molecule has 1 aromatic carbocycles. The van der Waals surface area contributed by atoms with E-state index in [2.05, 4.69) is 5.32 Å². The standard InChI is InChI=1S/C19H25NO4/c21-18(22)17(16(14-8-4-9-14)15-10-5-11-15)20-19(23)24-12-13-6-2-1-3-7-13/h1-3,6-7,14-17H,4-5,8-12H2,(H,20,23)(H,21,22). The summed E-state index contributed by atoms with van der Waals surface area (Å²) in [4.78, 5) is 23.9. The first-order chi connectivity index (χ1) is 11.6. The molecule has 0 radical (unpaired) electrons. The van der Waals surface area contributed by atoms with Crippen molar-refractivity contribution in [3.63, 3.8) is 0 Å². The molecule has 0 bridgehead atoms. The van der Waals surface area contributed by atoms with Crippen LogP contribution in [-0.2, 0) is 16.1 Å². The number of hydrogen-bond donors (Lipinski definition) is 2. The van der Waals surface area contributed by atoms with Crippen molar-refractivity contribution in [3.05, 3.63) is 35.9 Å². The molecule has 130 valence electrons. The van der Waals surface area contributed by atoms with Crippen LogP contribution in [0.3, 0.4) is 0 Å². The molecule has 3 rings (SSSR count). The minimum atomic E-state index is -0.949. The summed E-state index contributed by atoms with van der Waals surface area (Å²) in [6.45, 7) is 0.149. The Bertz CT molecular complexity index is 552. The summed E-state index contributed by atoms with van der Waals surface area (Å²) in [5.74, 6) is -0.0682. The smallest absolute Gasteiger partial charge is 0.408 e. The van der Waals surface area contributed by atoms with Crippen LogP contribution in [0.5, 0.6) is 0 Å². The molecule has 2 fully saturated rings. The number of carboxylic acids is 1. The SMILES string of the molecule is O=C(NC(C(=O)O)C(C1CCC1)C1CCC1)OCc1ccccc1. The summed E-state index contributed by atoms with van der Waals surface area (Å²) in [5, 5.41) is 12.3. The van der Waals surface area contributed by atoms with Gasteiger partial charge in [0.1, 0.15) is 12.6 Å². The molecular weight excluding hydrogens is 306 g/mol. The fraction of sp³-hybridized carbons (Fsp3) is 0.579. The maximum Gasteiger partial charge on any atom is 0.408 e. The fourth-order valence-electron chi connectivity index (χ4n) is 3.79. The van der Waals surface area contributed by atoms with Crippen LogP contribution >= 0.6 is 0 Å². The Kier molecular flexibility index (Phi) is 5.38. The van der Waals surface area contributed by atoms with Crippen molar-refractivity contribution >= 4 is 12.1 Å². The number of hydrogen-bond acceptors (Lipinski definition) is 3. The average Bonchev–Trinajstić information content (AvgIpc) is 2.47. The predicted molar refractivity (Wildman–Crippen MR) is 89.4 cm³/mol. The minimum Gasteiger partial charge on any atom is -0.480 e. The summed E-state index contributed by atoms with van der Waals surface area (Å²) in [7, 11) is 0. The van der Waals surface area contributed by atoms with Crippen LogP contribution in [-0.4, -0.2) is 23.2 Å². The number of rotatable bonds is 7. The molecule has 1 atom stereocenters. The monoisotopic (exact) mass is 331 g/mol. The van der Waals surface area contributed by atoms with E-state index in [0.717, 1.165) is 31.2 Å². The Labute approximate surface area is 142 Å². The quantitative estimate of drug-likeness (QED) is 0.801. The zero-order valence-corrected chi connectivity index (χ0v) is 13.8. The van der Waals surface area contributed by atoms with E-state index in [4.69, 9.17) is 4.74 Å². The van der Waals surface area contributed by atoms with Gasteiger partial charge < -0.3 is 15.2 Å². The Morgan fingerprint density at radius 2 is 1.67 bits per heavy atom. The number of nitrogens with one attached hydrogen (secondary N) is 1. The largest absolute Gasteiger partial charge is 0.480 e. The van der Waals surface area contributed by atoms with E-state index in [1.54, 1.807) is 0 Å². The van der Waals surface area contributed by atoms with Gasteiger partial charge in [0.2, 0.25) is 0 Å². The van der Waals surface area contributed by atoms with E-state index >= 15 is 0 Å². The molecule has 24 heavy (non-hydrogen) atoms. The van der Waals surface area contributed by atoms with Crippen LogP contribution in [0.1, 0.15) is 44.1 Å². The van der Waals surface area contributed by atoms with E-state index in [0.29, 0.717) is 11.8 Å². The van der Waals surface area contributed by atoms with Crippen molar-refractivity contribution in [2.24, 2.45) is 17.8 Å². The zero-order valence-electron chi connectivity index (χ0n) is 13.8. The first-order valence-corrected chi connectivity index (χ1v) is 8.85. The van der Waals surface area contributed by atoms with E-state index in [9.17, 15) is 14.7 Å². The van der Waals surface area contributed by atoms with Gasteiger partial charge in [-0.1, -0.05) is 68.9 Å². The average molecular weight is 331 g/mol. The van der Waals surface area contributed by atoms with Crippen molar-refractivity contribution in [1.29, 1.82) is 0 Å². The number of amides is 1. The molecule has 2 N–H and O–H groups in total. The van der Waals surface area contributed by atoms with Gasteiger partial charge in [0.15, 0.2) is 0 Å². The van der Waals surface area contributed by atoms with Crippen molar-refractivity contribution in [3.8, 4) is 0 Å². The van der Waals surface area contributed by atoms with Crippen LogP contribution in [0.4, 0.5) is 4.79 Å². The number of carbonyl (C=O) groups excluding carboxylic acids is 1. The summed E-state index contributed by atoms with van der Waals surface area (Å²) in [6, 6.07) is 8.54. The highest BCUT2D eigenvalue weighted by Crippen LogP contribution is 2.46. The van der Waals surface area contributed by atoms with Crippen molar-refractivity contribution in [2.75, 3.05) is 0 Å². The van der Waals surface area contributed by atoms with E-state index in [1.165, 1.54) is 12.8 Å². The van der Waals surface area contributed by atoms with Gasteiger partial charge in [0, 0.05) is 0 Å². The lowest BCUT2D eigenvalue weighted by molar-refractivity contribution is -0.143. The molecule has 0 aromatic heterocycles. The topological polar surface area (TPSA) is 75.6 Å². The number of benzene rings is 1. The van der Waals surface area contributed by atoms with Gasteiger partial charge in [0.25, 0.3) is 0 Å².